The van der Waals surface area contributed by atoms with E-state index in [4.69, 9.17) is 37.4 Å². The van der Waals surface area contributed by atoms with Crippen LogP contribution in [-0.2, 0) is 24.4 Å². The summed E-state index contributed by atoms with van der Waals surface area (Å²) in [7, 11) is 0. The van der Waals surface area contributed by atoms with Gasteiger partial charge in [0, 0.05) is 74.2 Å². The summed E-state index contributed by atoms with van der Waals surface area (Å²) in [4.78, 5) is 18.3. The van der Waals surface area contributed by atoms with Gasteiger partial charge in [-0.2, -0.15) is 5.26 Å². The molecule has 0 unspecified atom stereocenters. The van der Waals surface area contributed by atoms with Crippen LogP contribution in [0.1, 0.15) is 78.9 Å². The molecule has 8 nitrogen and oxygen atoms in total. The average molecular weight is 772 g/mol. The molecule has 1 aromatic heterocycles. The number of alkyl halides is 1. The molecule has 1 saturated carbocycles. The van der Waals surface area contributed by atoms with E-state index in [1.54, 1.807) is 12.3 Å². The van der Waals surface area contributed by atoms with Crippen molar-refractivity contribution in [3.63, 3.8) is 0 Å². The standard InChI is InChI=1S/C43H45Cl2FN4O4/c44-38-20-31(26-49-23-28-8-9-33(51)19-28)41(53-27-30-18-29(22-47)24-48-25-30)21-42(38)54-39-11-10-35-34(4-1-5-36(35)39)37-6-2-7-40(43(37)45)52-17-3-14-50-15-12-32(46)13-16-50/h1-2,4-7,18,20-21,24-25,28,32,39,49H,3,8-17,19,23,26-27H2/t28-,39-/m0/s1. The smallest absolute Gasteiger partial charge is 0.142 e. The summed E-state index contributed by atoms with van der Waals surface area (Å²) in [5.74, 6) is 2.45. The van der Waals surface area contributed by atoms with Gasteiger partial charge in [0.25, 0.3) is 0 Å². The number of fused-ring (bicyclic) bond motifs is 1. The van der Waals surface area contributed by atoms with Gasteiger partial charge in [-0.3, -0.25) is 9.78 Å². The zero-order valence-corrected chi connectivity index (χ0v) is 31.8. The fourth-order valence-electron chi connectivity index (χ4n) is 7.77. The molecule has 11 heteroatoms. The number of Topliss-reactive ketones (excluding diaryl/α,β-unsaturated/α-hetero) is 1. The predicted molar refractivity (Wildman–Crippen MR) is 208 cm³/mol. The molecular weight excluding hydrogens is 726 g/mol. The van der Waals surface area contributed by atoms with Crippen molar-refractivity contribution in [3.8, 4) is 34.4 Å². The van der Waals surface area contributed by atoms with Crippen molar-refractivity contribution in [2.75, 3.05) is 32.8 Å². The Kier molecular flexibility index (Phi) is 12.7. The third-order valence-electron chi connectivity index (χ3n) is 10.7. The van der Waals surface area contributed by atoms with E-state index in [1.807, 2.05) is 36.4 Å². The molecule has 2 aliphatic carbocycles. The van der Waals surface area contributed by atoms with Gasteiger partial charge in [0.1, 0.15) is 48.0 Å². The number of hydrogen-bond donors (Lipinski definition) is 1. The number of nitriles is 1. The molecule has 0 bridgehead atoms. The van der Waals surface area contributed by atoms with E-state index in [0.717, 1.165) is 79.7 Å². The number of ether oxygens (including phenoxy) is 3. The molecule has 0 spiro atoms. The van der Waals surface area contributed by atoms with Crippen LogP contribution in [-0.4, -0.2) is 54.6 Å². The number of carbonyl (C=O) groups is 1. The average Bonchev–Trinajstić information content (AvgIpc) is 3.80. The second-order valence-corrected chi connectivity index (χ2v) is 15.3. The first-order valence-electron chi connectivity index (χ1n) is 18.9. The van der Waals surface area contributed by atoms with Crippen molar-refractivity contribution in [2.45, 2.75) is 76.8 Å². The Morgan fingerprint density at radius 3 is 2.59 bits per heavy atom. The summed E-state index contributed by atoms with van der Waals surface area (Å²) in [6.07, 6.45) is 8.12. The third-order valence-corrected chi connectivity index (χ3v) is 11.3. The van der Waals surface area contributed by atoms with Crippen LogP contribution in [0, 0.1) is 17.2 Å². The van der Waals surface area contributed by atoms with Crippen molar-refractivity contribution in [3.05, 3.63) is 105 Å². The van der Waals surface area contributed by atoms with E-state index >= 15 is 0 Å². The number of benzene rings is 3. The Balaban J connectivity index is 1.05. The van der Waals surface area contributed by atoms with Gasteiger partial charge in [-0.25, -0.2) is 4.39 Å². The Labute approximate surface area is 326 Å². The Hall–Kier alpha value is -4.20. The van der Waals surface area contributed by atoms with Crippen LogP contribution in [0.2, 0.25) is 10.0 Å². The van der Waals surface area contributed by atoms with Gasteiger partial charge in [0.2, 0.25) is 0 Å². The van der Waals surface area contributed by atoms with Crippen LogP contribution in [0.4, 0.5) is 4.39 Å². The predicted octanol–water partition coefficient (Wildman–Crippen LogP) is 9.23. The van der Waals surface area contributed by atoms with Crippen molar-refractivity contribution < 1.29 is 23.4 Å². The first-order valence-corrected chi connectivity index (χ1v) is 19.7. The van der Waals surface area contributed by atoms with E-state index in [0.29, 0.717) is 83.4 Å². The third kappa shape index (κ3) is 9.35. The molecule has 7 rings (SSSR count). The molecule has 1 N–H and O–H groups in total. The Bertz CT molecular complexity index is 2000. The number of halogens is 3. The highest BCUT2D eigenvalue weighted by Crippen LogP contribution is 2.45. The fourth-order valence-corrected chi connectivity index (χ4v) is 8.29. The maximum absolute atomic E-state index is 13.5. The molecule has 4 aromatic rings. The molecule has 2 heterocycles. The molecule has 2 atom stereocenters. The number of carbonyl (C=O) groups excluding carboxylic acids is 1. The summed E-state index contributed by atoms with van der Waals surface area (Å²) < 4.78 is 32.7. The number of piperidine rings is 1. The largest absolute Gasteiger partial charge is 0.492 e. The molecule has 0 amide bonds. The highest BCUT2D eigenvalue weighted by Gasteiger charge is 2.29. The molecular formula is C43H45Cl2FN4O4. The molecule has 3 aromatic carbocycles. The summed E-state index contributed by atoms with van der Waals surface area (Å²) in [5.41, 5.74) is 6.34. The maximum atomic E-state index is 13.5. The Morgan fingerprint density at radius 1 is 0.944 bits per heavy atom. The molecule has 54 heavy (non-hydrogen) atoms. The minimum atomic E-state index is -0.670. The first kappa shape index (κ1) is 38.1. The van der Waals surface area contributed by atoms with Crippen LogP contribution in [0.5, 0.6) is 17.2 Å². The van der Waals surface area contributed by atoms with E-state index in [1.165, 1.54) is 11.8 Å². The number of rotatable bonds is 15. The first-order chi connectivity index (χ1) is 26.3. The zero-order valence-electron chi connectivity index (χ0n) is 30.3. The van der Waals surface area contributed by atoms with Gasteiger partial charge >= 0.3 is 0 Å². The normalized spacial score (nSPS) is 18.7. The highest BCUT2D eigenvalue weighted by molar-refractivity contribution is 6.35. The van der Waals surface area contributed by atoms with Gasteiger partial charge < -0.3 is 24.4 Å². The number of likely N-dealkylation sites (tertiary alicyclic amines) is 1. The van der Waals surface area contributed by atoms with Gasteiger partial charge in [0.05, 0.1) is 22.2 Å². The van der Waals surface area contributed by atoms with Crippen LogP contribution in [0.15, 0.2) is 67.0 Å². The second kappa shape index (κ2) is 18.0. The maximum Gasteiger partial charge on any atom is 0.142 e. The molecule has 0 radical (unpaired) electrons. The lowest BCUT2D eigenvalue weighted by Gasteiger charge is -2.28. The van der Waals surface area contributed by atoms with E-state index in [9.17, 15) is 14.4 Å². The monoisotopic (exact) mass is 770 g/mol. The minimum Gasteiger partial charge on any atom is -0.492 e. The number of hydrogen-bond acceptors (Lipinski definition) is 8. The van der Waals surface area contributed by atoms with Gasteiger partial charge in [0.15, 0.2) is 0 Å². The van der Waals surface area contributed by atoms with Gasteiger partial charge in [-0.1, -0.05) is 53.5 Å². The van der Waals surface area contributed by atoms with Crippen LogP contribution >= 0.6 is 23.2 Å². The summed E-state index contributed by atoms with van der Waals surface area (Å²) >= 11 is 13.9. The highest BCUT2D eigenvalue weighted by atomic mass is 35.5. The molecule has 3 aliphatic rings. The zero-order chi connectivity index (χ0) is 37.4. The summed E-state index contributed by atoms with van der Waals surface area (Å²) in [6, 6.07) is 19.8. The lowest BCUT2D eigenvalue weighted by Crippen LogP contribution is -2.35. The molecule has 2 fully saturated rings. The number of ketones is 1. The Morgan fingerprint density at radius 2 is 1.78 bits per heavy atom. The summed E-state index contributed by atoms with van der Waals surface area (Å²) in [5, 5.41) is 13.9. The van der Waals surface area contributed by atoms with Gasteiger partial charge in [-0.05, 0) is 85.9 Å². The quantitative estimate of drug-likeness (QED) is 0.120. The van der Waals surface area contributed by atoms with Crippen molar-refractivity contribution >= 4 is 29.0 Å². The molecule has 1 aliphatic heterocycles. The summed E-state index contributed by atoms with van der Waals surface area (Å²) in [6.45, 7) is 4.47. The van der Waals surface area contributed by atoms with Crippen LogP contribution in [0.3, 0.4) is 0 Å². The van der Waals surface area contributed by atoms with Gasteiger partial charge in [-0.15, -0.1) is 0 Å². The topological polar surface area (TPSA) is 96.7 Å². The van der Waals surface area contributed by atoms with Crippen LogP contribution in [0.25, 0.3) is 11.1 Å². The lowest BCUT2D eigenvalue weighted by atomic mass is 9.96. The number of nitrogens with one attached hydrogen (secondary N) is 1. The van der Waals surface area contributed by atoms with E-state index in [-0.39, 0.29) is 12.7 Å². The molecule has 282 valence electrons. The second-order valence-electron chi connectivity index (χ2n) is 14.5. The van der Waals surface area contributed by atoms with Crippen LogP contribution < -0.4 is 19.5 Å². The minimum absolute atomic E-state index is 0.214. The number of nitrogens with zero attached hydrogens (tertiary/aromatic N) is 3. The number of pyridine rings is 1. The van der Waals surface area contributed by atoms with E-state index in [2.05, 4.69) is 33.4 Å². The SMILES string of the molecule is N#Cc1cncc(COc2cc(O[C@H]3CCc4c(-c5cccc(OCCCN6CCC(F)CC6)c5Cl)cccc43)c(Cl)cc2CNC[C@H]2CCC(=O)C2)c1. The van der Waals surface area contributed by atoms with E-state index < -0.39 is 6.17 Å². The van der Waals surface area contributed by atoms with Crippen molar-refractivity contribution in [1.29, 1.82) is 5.26 Å². The number of aromatic nitrogens is 1. The molecule has 1 saturated heterocycles. The lowest BCUT2D eigenvalue weighted by molar-refractivity contribution is -0.117. The van der Waals surface area contributed by atoms with Crippen molar-refractivity contribution in [2.24, 2.45) is 5.92 Å². The van der Waals surface area contributed by atoms with Crippen molar-refractivity contribution in [1.82, 2.24) is 15.2 Å². The fraction of sp³-hybridized carbons (Fsp3) is 0.419.